The molecule has 0 bridgehead atoms. The Morgan fingerprint density at radius 2 is 2.08 bits per heavy atom. The van der Waals surface area contributed by atoms with Crippen molar-refractivity contribution >= 4 is 29.2 Å². The molecule has 0 radical (unpaired) electrons. The van der Waals surface area contributed by atoms with Crippen molar-refractivity contribution in [2.24, 2.45) is 7.05 Å². The van der Waals surface area contributed by atoms with Crippen LogP contribution in [0.3, 0.4) is 0 Å². The van der Waals surface area contributed by atoms with E-state index in [1.165, 1.54) is 14.0 Å². The third-order valence-corrected chi connectivity index (χ3v) is 4.45. The number of aromatic nitrogens is 2. The first-order valence-electron chi connectivity index (χ1n) is 6.97. The second-order valence-corrected chi connectivity index (χ2v) is 6.24. The number of nitro groups is 1. The zero-order valence-corrected chi connectivity index (χ0v) is 14.2. The standard InChI is InChI=1S/C14H12F4N4O3S/c1-7-3-9(15)10(4-11(7)26-6-14(16,17)18)20-12(23)8-5-19-21(2)13(8)22(24)25/h3-5H,6H2,1-2H3,(H,20,23). The highest BCUT2D eigenvalue weighted by atomic mass is 32.2. The summed E-state index contributed by atoms with van der Waals surface area (Å²) in [4.78, 5) is 22.5. The molecular weight excluding hydrogens is 380 g/mol. The van der Waals surface area contributed by atoms with Crippen LogP contribution in [0, 0.1) is 22.9 Å². The number of carbonyl (C=O) groups is 1. The first kappa shape index (κ1) is 19.7. The van der Waals surface area contributed by atoms with E-state index in [0.29, 0.717) is 11.8 Å². The average Bonchev–Trinajstić information content (AvgIpc) is 2.89. The van der Waals surface area contributed by atoms with Gasteiger partial charge >= 0.3 is 12.0 Å². The topological polar surface area (TPSA) is 90.1 Å². The van der Waals surface area contributed by atoms with Gasteiger partial charge in [0.05, 0.1) is 17.6 Å². The van der Waals surface area contributed by atoms with Crippen molar-refractivity contribution in [1.29, 1.82) is 0 Å². The molecule has 1 heterocycles. The van der Waals surface area contributed by atoms with Gasteiger partial charge < -0.3 is 15.4 Å². The highest BCUT2D eigenvalue weighted by Crippen LogP contribution is 2.32. The highest BCUT2D eigenvalue weighted by Gasteiger charge is 2.28. The molecule has 0 aliphatic carbocycles. The maximum absolute atomic E-state index is 14.0. The Morgan fingerprint density at radius 1 is 1.42 bits per heavy atom. The van der Waals surface area contributed by atoms with Crippen molar-refractivity contribution in [3.8, 4) is 0 Å². The van der Waals surface area contributed by atoms with Gasteiger partial charge in [-0.05, 0) is 29.5 Å². The summed E-state index contributed by atoms with van der Waals surface area (Å²) in [5.74, 6) is -3.65. The molecule has 0 saturated heterocycles. The first-order chi connectivity index (χ1) is 12.0. The van der Waals surface area contributed by atoms with Crippen LogP contribution < -0.4 is 5.32 Å². The molecular formula is C14H12F4N4O3S. The van der Waals surface area contributed by atoms with Crippen LogP contribution in [0.25, 0.3) is 0 Å². The van der Waals surface area contributed by atoms with E-state index in [-0.39, 0.29) is 16.1 Å². The lowest BCUT2D eigenvalue weighted by atomic mass is 10.2. The number of aryl methyl sites for hydroxylation is 2. The van der Waals surface area contributed by atoms with E-state index in [1.807, 2.05) is 0 Å². The van der Waals surface area contributed by atoms with Crippen molar-refractivity contribution in [3.63, 3.8) is 0 Å². The first-order valence-corrected chi connectivity index (χ1v) is 7.95. The van der Waals surface area contributed by atoms with Crippen LogP contribution >= 0.6 is 11.8 Å². The number of benzene rings is 1. The number of hydrogen-bond donors (Lipinski definition) is 1. The van der Waals surface area contributed by atoms with Gasteiger partial charge in [0, 0.05) is 4.90 Å². The van der Waals surface area contributed by atoms with E-state index in [1.54, 1.807) is 0 Å². The summed E-state index contributed by atoms with van der Waals surface area (Å²) < 4.78 is 52.0. The van der Waals surface area contributed by atoms with Gasteiger partial charge in [-0.1, -0.05) is 5.10 Å². The van der Waals surface area contributed by atoms with Gasteiger partial charge in [-0.3, -0.25) is 4.79 Å². The van der Waals surface area contributed by atoms with Gasteiger partial charge in [0.2, 0.25) is 0 Å². The second-order valence-electron chi connectivity index (χ2n) is 5.22. The van der Waals surface area contributed by atoms with E-state index in [4.69, 9.17) is 0 Å². The fourth-order valence-electron chi connectivity index (χ4n) is 2.06. The molecule has 0 saturated carbocycles. The molecule has 12 heteroatoms. The van der Waals surface area contributed by atoms with Crippen LogP contribution in [0.15, 0.2) is 23.2 Å². The molecule has 2 aromatic rings. The molecule has 1 aromatic heterocycles. The number of rotatable bonds is 5. The summed E-state index contributed by atoms with van der Waals surface area (Å²) in [6.45, 7) is 1.43. The molecule has 1 aromatic carbocycles. The number of anilines is 1. The Bertz CT molecular complexity index is 867. The zero-order valence-electron chi connectivity index (χ0n) is 13.4. The average molecular weight is 392 g/mol. The maximum atomic E-state index is 14.0. The Kier molecular flexibility index (Phi) is 5.54. The monoisotopic (exact) mass is 392 g/mol. The number of nitrogens with one attached hydrogen (secondary N) is 1. The number of halogens is 4. The molecule has 140 valence electrons. The summed E-state index contributed by atoms with van der Waals surface area (Å²) in [5, 5.41) is 16.7. The lowest BCUT2D eigenvalue weighted by Crippen LogP contribution is -2.15. The molecule has 0 fully saturated rings. The Hall–Kier alpha value is -2.63. The van der Waals surface area contributed by atoms with Gasteiger partial charge in [-0.2, -0.15) is 13.2 Å². The van der Waals surface area contributed by atoms with Gasteiger partial charge in [-0.15, -0.1) is 16.4 Å². The van der Waals surface area contributed by atoms with E-state index >= 15 is 0 Å². The highest BCUT2D eigenvalue weighted by molar-refractivity contribution is 7.99. The number of hydrogen-bond acceptors (Lipinski definition) is 5. The minimum absolute atomic E-state index is 0.125. The number of thioether (sulfide) groups is 1. The number of carbonyl (C=O) groups excluding carboxylic acids is 1. The molecule has 0 spiro atoms. The van der Waals surface area contributed by atoms with Crippen molar-refractivity contribution < 1.29 is 27.3 Å². The summed E-state index contributed by atoms with van der Waals surface area (Å²) in [7, 11) is 1.26. The van der Waals surface area contributed by atoms with E-state index in [9.17, 15) is 32.5 Å². The zero-order chi connectivity index (χ0) is 19.6. The summed E-state index contributed by atoms with van der Waals surface area (Å²) in [6, 6.07) is 2.03. The van der Waals surface area contributed by atoms with Gasteiger partial charge in [-0.25, -0.2) is 4.39 Å². The largest absolute Gasteiger partial charge is 0.398 e. The minimum atomic E-state index is -4.41. The van der Waals surface area contributed by atoms with Crippen LogP contribution in [0.4, 0.5) is 29.1 Å². The fraction of sp³-hybridized carbons (Fsp3) is 0.286. The van der Waals surface area contributed by atoms with Crippen LogP contribution in [0.1, 0.15) is 15.9 Å². The Labute approximate surface area is 148 Å². The molecule has 0 aliphatic rings. The van der Waals surface area contributed by atoms with Crippen LogP contribution in [0.5, 0.6) is 0 Å². The van der Waals surface area contributed by atoms with Crippen molar-refractivity contribution in [3.05, 3.63) is 45.4 Å². The van der Waals surface area contributed by atoms with Crippen molar-refractivity contribution in [2.45, 2.75) is 18.0 Å². The predicted molar refractivity (Wildman–Crippen MR) is 85.7 cm³/mol. The lowest BCUT2D eigenvalue weighted by Gasteiger charge is -2.12. The maximum Gasteiger partial charge on any atom is 0.398 e. The van der Waals surface area contributed by atoms with Crippen LogP contribution in [-0.2, 0) is 7.05 Å². The van der Waals surface area contributed by atoms with Crippen molar-refractivity contribution in [2.75, 3.05) is 11.1 Å². The molecule has 7 nitrogen and oxygen atoms in total. The molecule has 0 atom stereocenters. The van der Waals surface area contributed by atoms with E-state index < -0.39 is 40.0 Å². The molecule has 0 unspecified atom stereocenters. The van der Waals surface area contributed by atoms with Crippen molar-refractivity contribution in [1.82, 2.24) is 9.78 Å². The van der Waals surface area contributed by atoms with Crippen LogP contribution in [-0.4, -0.2) is 32.5 Å². The third kappa shape index (κ3) is 4.50. The second kappa shape index (κ2) is 7.32. The summed E-state index contributed by atoms with van der Waals surface area (Å²) in [6.07, 6.45) is -3.47. The van der Waals surface area contributed by atoms with E-state index in [2.05, 4.69) is 10.4 Å². The van der Waals surface area contributed by atoms with Crippen LogP contribution in [0.2, 0.25) is 0 Å². The molecule has 0 aliphatic heterocycles. The van der Waals surface area contributed by atoms with E-state index in [0.717, 1.165) is 23.0 Å². The summed E-state index contributed by atoms with van der Waals surface area (Å²) >= 11 is 0.444. The SMILES string of the molecule is Cc1cc(F)c(NC(=O)c2cnn(C)c2[N+](=O)[O-])cc1SCC(F)(F)F. The lowest BCUT2D eigenvalue weighted by molar-refractivity contribution is -0.392. The molecule has 26 heavy (non-hydrogen) atoms. The van der Waals surface area contributed by atoms with Gasteiger partial charge in [0.25, 0.3) is 5.91 Å². The minimum Gasteiger partial charge on any atom is -0.358 e. The molecule has 2 rings (SSSR count). The predicted octanol–water partition coefficient (Wildman–Crippen LogP) is 3.68. The molecule has 1 amide bonds. The quantitative estimate of drug-likeness (QED) is 0.363. The number of nitrogens with zero attached hydrogens (tertiary/aromatic N) is 3. The number of alkyl halides is 3. The third-order valence-electron chi connectivity index (χ3n) is 3.23. The normalized spacial score (nSPS) is 11.5. The summed E-state index contributed by atoms with van der Waals surface area (Å²) in [5.41, 5.74) is -0.521. The molecule has 1 N–H and O–H groups in total. The van der Waals surface area contributed by atoms with Gasteiger partial charge in [0.15, 0.2) is 5.56 Å². The Morgan fingerprint density at radius 3 is 2.65 bits per heavy atom. The fourth-order valence-corrected chi connectivity index (χ4v) is 2.87. The smallest absolute Gasteiger partial charge is 0.358 e. The number of amides is 1. The van der Waals surface area contributed by atoms with Gasteiger partial charge in [0.1, 0.15) is 12.9 Å². The Balaban J connectivity index is 2.29.